The molecule has 5 heteroatoms. The van der Waals surface area contributed by atoms with E-state index in [0.29, 0.717) is 18.1 Å². The summed E-state index contributed by atoms with van der Waals surface area (Å²) in [6.45, 7) is 2.26. The van der Waals surface area contributed by atoms with Gasteiger partial charge in [0.25, 0.3) is 5.91 Å². The average molecular weight is 425 g/mol. The number of carbonyl (C=O) groups excluding carboxylic acids is 1. The van der Waals surface area contributed by atoms with Gasteiger partial charge in [0.15, 0.2) is 18.1 Å². The van der Waals surface area contributed by atoms with E-state index in [9.17, 15) is 4.79 Å². The van der Waals surface area contributed by atoms with E-state index in [1.165, 1.54) is 0 Å². The molecule has 0 atom stereocenters. The molecule has 1 N–H and O–H groups in total. The molecule has 0 spiro atoms. The summed E-state index contributed by atoms with van der Waals surface area (Å²) in [6, 6.07) is 27.1. The predicted molar refractivity (Wildman–Crippen MR) is 126 cm³/mol. The van der Waals surface area contributed by atoms with Crippen molar-refractivity contribution >= 4 is 11.6 Å². The van der Waals surface area contributed by atoms with Gasteiger partial charge in [0.1, 0.15) is 6.61 Å². The first kappa shape index (κ1) is 21.1. The van der Waals surface area contributed by atoms with Crippen molar-refractivity contribution in [3.8, 4) is 22.6 Å². The summed E-state index contributed by atoms with van der Waals surface area (Å²) in [7, 11) is 0. The number of aromatic nitrogens is 1. The molecule has 32 heavy (non-hydrogen) atoms. The van der Waals surface area contributed by atoms with Crippen molar-refractivity contribution in [1.82, 2.24) is 4.98 Å². The molecule has 1 heterocycles. The highest BCUT2D eigenvalue weighted by atomic mass is 16.5. The average Bonchev–Trinajstić information content (AvgIpc) is 2.84. The van der Waals surface area contributed by atoms with Gasteiger partial charge in [-0.15, -0.1) is 0 Å². The normalized spacial score (nSPS) is 10.4. The van der Waals surface area contributed by atoms with Gasteiger partial charge in [-0.1, -0.05) is 54.6 Å². The first-order valence-corrected chi connectivity index (χ1v) is 10.4. The van der Waals surface area contributed by atoms with Crippen LogP contribution in [0.3, 0.4) is 0 Å². The van der Waals surface area contributed by atoms with E-state index < -0.39 is 0 Å². The molecular formula is C27H24N2O3. The van der Waals surface area contributed by atoms with Crippen LogP contribution in [-0.4, -0.2) is 17.5 Å². The Balaban J connectivity index is 1.39. The number of nitrogens with zero attached hydrogens (tertiary/aromatic N) is 1. The molecule has 0 aliphatic heterocycles. The van der Waals surface area contributed by atoms with Crippen molar-refractivity contribution in [1.29, 1.82) is 0 Å². The summed E-state index contributed by atoms with van der Waals surface area (Å²) in [5.74, 6) is 0.888. The van der Waals surface area contributed by atoms with Crippen LogP contribution < -0.4 is 14.8 Å². The van der Waals surface area contributed by atoms with Crippen LogP contribution in [0, 0.1) is 6.92 Å². The quantitative estimate of drug-likeness (QED) is 0.397. The number of amides is 1. The van der Waals surface area contributed by atoms with Crippen molar-refractivity contribution in [2.75, 3.05) is 11.9 Å². The van der Waals surface area contributed by atoms with Crippen LogP contribution in [0.5, 0.6) is 11.5 Å². The molecule has 0 unspecified atom stereocenters. The van der Waals surface area contributed by atoms with E-state index >= 15 is 0 Å². The van der Waals surface area contributed by atoms with Crippen LogP contribution in [0.15, 0.2) is 97.3 Å². The van der Waals surface area contributed by atoms with Gasteiger partial charge in [0.2, 0.25) is 0 Å². The summed E-state index contributed by atoms with van der Waals surface area (Å²) in [4.78, 5) is 16.6. The van der Waals surface area contributed by atoms with Crippen LogP contribution >= 0.6 is 0 Å². The van der Waals surface area contributed by atoms with Crippen molar-refractivity contribution in [2.45, 2.75) is 13.5 Å². The van der Waals surface area contributed by atoms with Crippen LogP contribution in [-0.2, 0) is 11.4 Å². The lowest BCUT2D eigenvalue weighted by molar-refractivity contribution is -0.118. The Bertz CT molecular complexity index is 1180. The summed E-state index contributed by atoms with van der Waals surface area (Å²) in [5.41, 5.74) is 4.83. The number of hydrogen-bond donors (Lipinski definition) is 1. The maximum absolute atomic E-state index is 12.6. The molecule has 0 radical (unpaired) electrons. The molecule has 0 saturated heterocycles. The van der Waals surface area contributed by atoms with E-state index in [2.05, 4.69) is 10.3 Å². The Hall–Kier alpha value is -4.12. The Labute approximate surface area is 187 Å². The van der Waals surface area contributed by atoms with Crippen molar-refractivity contribution < 1.29 is 14.3 Å². The predicted octanol–water partition coefficient (Wildman–Crippen LogP) is 5.65. The monoisotopic (exact) mass is 424 g/mol. The van der Waals surface area contributed by atoms with Gasteiger partial charge < -0.3 is 14.8 Å². The molecule has 0 saturated carbocycles. The molecule has 160 valence electrons. The lowest BCUT2D eigenvalue weighted by Crippen LogP contribution is -2.21. The third kappa shape index (κ3) is 5.52. The summed E-state index contributed by atoms with van der Waals surface area (Å²) < 4.78 is 11.7. The van der Waals surface area contributed by atoms with Crippen LogP contribution in [0.25, 0.3) is 11.1 Å². The van der Waals surface area contributed by atoms with Crippen LogP contribution in [0.4, 0.5) is 5.69 Å². The molecule has 0 aliphatic carbocycles. The van der Waals surface area contributed by atoms with Crippen molar-refractivity contribution in [3.05, 3.63) is 108 Å². The first-order valence-electron chi connectivity index (χ1n) is 10.4. The van der Waals surface area contributed by atoms with E-state index in [1.54, 1.807) is 18.5 Å². The minimum absolute atomic E-state index is 0.120. The third-order valence-electron chi connectivity index (χ3n) is 4.97. The summed E-state index contributed by atoms with van der Waals surface area (Å²) in [6.07, 6.45) is 3.50. The molecule has 0 aliphatic rings. The Morgan fingerprint density at radius 1 is 0.812 bits per heavy atom. The number of anilines is 1. The first-order chi connectivity index (χ1) is 15.7. The molecular weight excluding hydrogens is 400 g/mol. The Morgan fingerprint density at radius 2 is 1.50 bits per heavy atom. The van der Waals surface area contributed by atoms with E-state index in [-0.39, 0.29) is 12.5 Å². The molecule has 0 fully saturated rings. The fourth-order valence-electron chi connectivity index (χ4n) is 3.23. The number of ether oxygens (including phenoxy) is 2. The minimum Gasteiger partial charge on any atom is -0.485 e. The van der Waals surface area contributed by atoms with Gasteiger partial charge in [0.05, 0.1) is 0 Å². The molecule has 4 aromatic rings. The highest BCUT2D eigenvalue weighted by Gasteiger charge is 2.10. The van der Waals surface area contributed by atoms with Crippen molar-refractivity contribution in [2.24, 2.45) is 0 Å². The number of benzene rings is 3. The standard InChI is InChI=1S/C27H24N2O3/c1-20-11-12-23(22-13-15-28-16-14-22)17-24(20)29-27(30)19-32-26-10-6-5-9-25(26)31-18-21-7-3-2-4-8-21/h2-17H,18-19H2,1H3,(H,29,30). The van der Waals surface area contributed by atoms with Gasteiger partial charge >= 0.3 is 0 Å². The highest BCUT2D eigenvalue weighted by molar-refractivity contribution is 5.93. The topological polar surface area (TPSA) is 60.5 Å². The fourth-order valence-corrected chi connectivity index (χ4v) is 3.23. The van der Waals surface area contributed by atoms with Crippen LogP contribution in [0.1, 0.15) is 11.1 Å². The van der Waals surface area contributed by atoms with Gasteiger partial charge in [-0.25, -0.2) is 0 Å². The fraction of sp³-hybridized carbons (Fsp3) is 0.111. The number of para-hydroxylation sites is 2. The lowest BCUT2D eigenvalue weighted by Gasteiger charge is -2.14. The minimum atomic E-state index is -0.238. The van der Waals surface area contributed by atoms with Crippen LogP contribution in [0.2, 0.25) is 0 Å². The second-order valence-corrected chi connectivity index (χ2v) is 7.32. The Kier molecular flexibility index (Phi) is 6.78. The van der Waals surface area contributed by atoms with E-state index in [0.717, 1.165) is 27.9 Å². The van der Waals surface area contributed by atoms with Crippen molar-refractivity contribution in [3.63, 3.8) is 0 Å². The van der Waals surface area contributed by atoms with Gasteiger partial charge in [-0.2, -0.15) is 0 Å². The molecule has 3 aromatic carbocycles. The second-order valence-electron chi connectivity index (χ2n) is 7.32. The Morgan fingerprint density at radius 3 is 2.25 bits per heavy atom. The smallest absolute Gasteiger partial charge is 0.262 e. The lowest BCUT2D eigenvalue weighted by atomic mass is 10.0. The molecule has 4 rings (SSSR count). The summed E-state index contributed by atoms with van der Waals surface area (Å²) in [5, 5.41) is 2.95. The number of carbonyl (C=O) groups is 1. The second kappa shape index (κ2) is 10.3. The molecule has 5 nitrogen and oxygen atoms in total. The maximum Gasteiger partial charge on any atom is 0.262 e. The zero-order chi connectivity index (χ0) is 22.2. The SMILES string of the molecule is Cc1ccc(-c2ccncc2)cc1NC(=O)COc1ccccc1OCc1ccccc1. The number of pyridine rings is 1. The number of rotatable bonds is 8. The number of nitrogens with one attached hydrogen (secondary N) is 1. The third-order valence-corrected chi connectivity index (χ3v) is 4.97. The largest absolute Gasteiger partial charge is 0.485 e. The molecule has 1 amide bonds. The molecule has 1 aromatic heterocycles. The number of hydrogen-bond acceptors (Lipinski definition) is 4. The van der Waals surface area contributed by atoms with Gasteiger partial charge in [-0.05, 0) is 59.5 Å². The number of aryl methyl sites for hydroxylation is 1. The highest BCUT2D eigenvalue weighted by Crippen LogP contribution is 2.28. The van der Waals surface area contributed by atoms with E-state index in [1.807, 2.05) is 85.8 Å². The molecule has 0 bridgehead atoms. The zero-order valence-electron chi connectivity index (χ0n) is 17.8. The maximum atomic E-state index is 12.6. The van der Waals surface area contributed by atoms with Gasteiger partial charge in [-0.3, -0.25) is 9.78 Å². The van der Waals surface area contributed by atoms with E-state index in [4.69, 9.17) is 9.47 Å². The zero-order valence-corrected chi connectivity index (χ0v) is 17.8. The van der Waals surface area contributed by atoms with Gasteiger partial charge in [0, 0.05) is 18.1 Å². The summed E-state index contributed by atoms with van der Waals surface area (Å²) >= 11 is 0.